The summed E-state index contributed by atoms with van der Waals surface area (Å²) in [4.78, 5) is 15.8. The van der Waals surface area contributed by atoms with Gasteiger partial charge in [-0.25, -0.2) is 4.98 Å². The summed E-state index contributed by atoms with van der Waals surface area (Å²) < 4.78 is 39.2. The molecule has 0 saturated heterocycles. The number of rotatable bonds is 2. The van der Waals surface area contributed by atoms with Crippen molar-refractivity contribution in [2.24, 2.45) is 0 Å². The topological polar surface area (TPSA) is 54.0 Å². The highest BCUT2D eigenvalue weighted by molar-refractivity contribution is 7.43. The molecule has 1 aromatic rings. The summed E-state index contributed by atoms with van der Waals surface area (Å²) in [5.74, 6) is 1.17. The van der Waals surface area contributed by atoms with E-state index < -0.39 is 23.2 Å². The third-order valence-electron chi connectivity index (χ3n) is 3.32. The molecule has 0 bridgehead atoms. The van der Waals surface area contributed by atoms with Gasteiger partial charge >= 0.3 is 6.18 Å². The summed E-state index contributed by atoms with van der Waals surface area (Å²) in [6.45, 7) is 0. The maximum absolute atomic E-state index is 13.1. The number of nitrogens with one attached hydrogen (secondary N) is 2. The molecule has 0 saturated carbocycles. The lowest BCUT2D eigenvalue weighted by atomic mass is 10.1. The lowest BCUT2D eigenvalue weighted by Crippen LogP contribution is -2.27. The Kier molecular flexibility index (Phi) is 4.17. The van der Waals surface area contributed by atoms with Crippen molar-refractivity contribution < 1.29 is 18.0 Å². The van der Waals surface area contributed by atoms with E-state index in [0.717, 1.165) is 11.8 Å². The van der Waals surface area contributed by atoms with Gasteiger partial charge in [0.25, 0.3) is 5.91 Å². The number of amides is 1. The highest BCUT2D eigenvalue weighted by Gasteiger charge is 2.36. The predicted molar refractivity (Wildman–Crippen MR) is 82.3 cm³/mol. The first-order valence-corrected chi connectivity index (χ1v) is 8.03. The standard InChI is InChI=1S/C14H10ClF3N3OP/c15-11-4-9(14(16,17)18)8(5-19-11)12(22)21-10-6-20-13-7(10)2-1-3-23-13/h1-6,13,20,23H,(H,21,22). The SMILES string of the molecule is O=C(NC1=CNC2PC=CC=C12)c1cnc(Cl)cc1C(F)(F)F. The minimum absolute atomic E-state index is 0.0562. The van der Waals surface area contributed by atoms with Crippen LogP contribution in [0, 0.1) is 0 Å². The van der Waals surface area contributed by atoms with Crippen LogP contribution in [-0.2, 0) is 6.18 Å². The van der Waals surface area contributed by atoms with E-state index in [1.807, 2.05) is 18.0 Å². The Bertz CT molecular complexity index is 758. The molecule has 2 aliphatic rings. The maximum atomic E-state index is 13.1. The summed E-state index contributed by atoms with van der Waals surface area (Å²) in [6, 6.07) is 0.643. The van der Waals surface area contributed by atoms with Gasteiger partial charge in [0.15, 0.2) is 0 Å². The number of carbonyl (C=O) groups excluding carboxylic acids is 1. The third-order valence-corrected chi connectivity index (χ3v) is 4.72. The first-order valence-electron chi connectivity index (χ1n) is 6.50. The number of pyridine rings is 1. The molecule has 120 valence electrons. The van der Waals surface area contributed by atoms with Gasteiger partial charge in [0.1, 0.15) is 5.15 Å². The number of allylic oxidation sites excluding steroid dienone is 2. The van der Waals surface area contributed by atoms with Crippen LogP contribution in [0.25, 0.3) is 0 Å². The number of halogens is 4. The van der Waals surface area contributed by atoms with Gasteiger partial charge in [0, 0.05) is 18.0 Å². The average Bonchev–Trinajstić information content (AvgIpc) is 2.89. The van der Waals surface area contributed by atoms with E-state index in [0.29, 0.717) is 20.3 Å². The van der Waals surface area contributed by atoms with Gasteiger partial charge in [-0.1, -0.05) is 38.2 Å². The van der Waals surface area contributed by atoms with Crippen molar-refractivity contribution in [2.45, 2.75) is 12.0 Å². The molecule has 1 amide bonds. The van der Waals surface area contributed by atoms with Gasteiger partial charge in [-0.2, -0.15) is 13.2 Å². The first kappa shape index (κ1) is 16.0. The summed E-state index contributed by atoms with van der Waals surface area (Å²) in [7, 11) is 0.498. The number of hydrogen-bond acceptors (Lipinski definition) is 3. The number of hydrogen-bond donors (Lipinski definition) is 2. The Morgan fingerprint density at radius 1 is 1.43 bits per heavy atom. The molecule has 0 radical (unpaired) electrons. The second kappa shape index (κ2) is 5.98. The van der Waals surface area contributed by atoms with Crippen molar-refractivity contribution in [3.63, 3.8) is 0 Å². The first-order chi connectivity index (χ1) is 10.9. The fourth-order valence-electron chi connectivity index (χ4n) is 2.27. The zero-order valence-electron chi connectivity index (χ0n) is 11.4. The van der Waals surface area contributed by atoms with E-state index in [9.17, 15) is 18.0 Å². The van der Waals surface area contributed by atoms with Crippen molar-refractivity contribution in [3.05, 3.63) is 64.0 Å². The molecule has 0 aromatic carbocycles. The molecule has 2 aliphatic heterocycles. The monoisotopic (exact) mass is 359 g/mol. The van der Waals surface area contributed by atoms with Crippen LogP contribution in [0.3, 0.4) is 0 Å². The van der Waals surface area contributed by atoms with Crippen LogP contribution < -0.4 is 10.6 Å². The van der Waals surface area contributed by atoms with E-state index in [1.54, 1.807) is 6.20 Å². The fourth-order valence-corrected chi connectivity index (χ4v) is 3.43. The van der Waals surface area contributed by atoms with Crippen molar-refractivity contribution in [1.29, 1.82) is 0 Å². The molecule has 2 atom stereocenters. The molecule has 0 aliphatic carbocycles. The normalized spacial score (nSPS) is 20.6. The Morgan fingerprint density at radius 3 is 2.96 bits per heavy atom. The highest BCUT2D eigenvalue weighted by Crippen LogP contribution is 2.36. The average molecular weight is 360 g/mol. The summed E-state index contributed by atoms with van der Waals surface area (Å²) in [5, 5.41) is 5.26. The molecule has 3 heterocycles. The molecular formula is C14H10ClF3N3OP. The van der Waals surface area contributed by atoms with Crippen LogP contribution in [0.1, 0.15) is 15.9 Å². The lowest BCUT2D eigenvalue weighted by molar-refractivity contribution is -0.138. The molecule has 4 nitrogen and oxygen atoms in total. The van der Waals surface area contributed by atoms with Gasteiger partial charge in [-0.15, -0.1) is 0 Å². The fraction of sp³-hybridized carbons (Fsp3) is 0.143. The van der Waals surface area contributed by atoms with Gasteiger partial charge < -0.3 is 10.6 Å². The van der Waals surface area contributed by atoms with Gasteiger partial charge in [0.2, 0.25) is 0 Å². The van der Waals surface area contributed by atoms with Crippen LogP contribution in [-0.4, -0.2) is 16.7 Å². The second-order valence-corrected chi connectivity index (χ2v) is 6.44. The Hall–Kier alpha value is -1.85. The van der Waals surface area contributed by atoms with Crippen LogP contribution in [0.5, 0.6) is 0 Å². The minimum atomic E-state index is -4.70. The molecule has 23 heavy (non-hydrogen) atoms. The van der Waals surface area contributed by atoms with Gasteiger partial charge in [-0.3, -0.25) is 4.79 Å². The predicted octanol–water partition coefficient (Wildman–Crippen LogP) is 3.39. The van der Waals surface area contributed by atoms with E-state index >= 15 is 0 Å². The van der Waals surface area contributed by atoms with Gasteiger partial charge in [-0.05, 0) is 6.07 Å². The number of fused-ring (bicyclic) bond motifs is 1. The third kappa shape index (κ3) is 3.26. The van der Waals surface area contributed by atoms with Crippen molar-refractivity contribution in [3.8, 4) is 0 Å². The number of nitrogens with zero attached hydrogens (tertiary/aromatic N) is 1. The molecular weight excluding hydrogens is 350 g/mol. The molecule has 3 rings (SSSR count). The van der Waals surface area contributed by atoms with Crippen molar-refractivity contribution in [1.82, 2.24) is 15.6 Å². The van der Waals surface area contributed by atoms with Crippen LogP contribution in [0.15, 0.2) is 47.7 Å². The van der Waals surface area contributed by atoms with Crippen LogP contribution >= 0.6 is 20.2 Å². The summed E-state index contributed by atoms with van der Waals surface area (Å²) in [6.07, 6.45) is 1.39. The summed E-state index contributed by atoms with van der Waals surface area (Å²) >= 11 is 5.51. The number of aromatic nitrogens is 1. The van der Waals surface area contributed by atoms with Gasteiger partial charge in [0.05, 0.1) is 22.6 Å². The van der Waals surface area contributed by atoms with E-state index in [1.165, 1.54) is 0 Å². The quantitative estimate of drug-likeness (QED) is 0.628. The van der Waals surface area contributed by atoms with Crippen LogP contribution in [0.4, 0.5) is 13.2 Å². The number of alkyl halides is 3. The molecule has 9 heteroatoms. The molecule has 1 aromatic heterocycles. The minimum Gasteiger partial charge on any atom is -0.378 e. The van der Waals surface area contributed by atoms with E-state index in [4.69, 9.17) is 11.6 Å². The zero-order valence-corrected chi connectivity index (χ0v) is 13.2. The second-order valence-electron chi connectivity index (χ2n) is 4.81. The summed E-state index contributed by atoms with van der Waals surface area (Å²) in [5.41, 5.74) is -0.382. The Balaban J connectivity index is 1.87. The largest absolute Gasteiger partial charge is 0.417 e. The number of carbonyl (C=O) groups is 1. The maximum Gasteiger partial charge on any atom is 0.417 e. The van der Waals surface area contributed by atoms with Crippen LogP contribution in [0.2, 0.25) is 5.15 Å². The van der Waals surface area contributed by atoms with E-state index in [2.05, 4.69) is 15.6 Å². The Labute approximate surface area is 136 Å². The smallest absolute Gasteiger partial charge is 0.378 e. The molecule has 0 spiro atoms. The van der Waals surface area contributed by atoms with E-state index in [-0.39, 0.29) is 10.9 Å². The highest BCUT2D eigenvalue weighted by atomic mass is 35.5. The van der Waals surface area contributed by atoms with Crippen molar-refractivity contribution >= 4 is 26.1 Å². The Morgan fingerprint density at radius 2 is 2.22 bits per heavy atom. The molecule has 2 N–H and O–H groups in total. The van der Waals surface area contributed by atoms with Crippen molar-refractivity contribution in [2.75, 3.05) is 0 Å². The molecule has 2 unspecified atom stereocenters. The lowest BCUT2D eigenvalue weighted by Gasteiger charge is -2.17. The molecule has 0 fully saturated rings. The zero-order chi connectivity index (χ0) is 16.6.